The van der Waals surface area contributed by atoms with Crippen molar-refractivity contribution < 1.29 is 5.11 Å². The van der Waals surface area contributed by atoms with E-state index in [-0.39, 0.29) is 6.10 Å². The molecule has 0 aliphatic heterocycles. The Balaban J connectivity index is 2.08. The molecule has 2 rings (SSSR count). The maximum Gasteiger partial charge on any atom is 0.0695 e. The molecule has 0 aromatic carbocycles. The van der Waals surface area contributed by atoms with E-state index in [9.17, 15) is 5.11 Å². The predicted octanol–water partition coefficient (Wildman–Crippen LogP) is 4.07. The molecule has 2 heteroatoms. The third-order valence-electron chi connectivity index (χ3n) is 5.56. The number of hydrogen-bond donors (Lipinski definition) is 1. The molecule has 2 aliphatic rings. The fourth-order valence-electron chi connectivity index (χ4n) is 4.34. The fraction of sp³-hybridized carbons (Fsp3) is 1.00. The van der Waals surface area contributed by atoms with Crippen molar-refractivity contribution in [2.45, 2.75) is 90.8 Å². The fourth-order valence-corrected chi connectivity index (χ4v) is 4.34. The van der Waals surface area contributed by atoms with E-state index in [1.165, 1.54) is 38.5 Å². The Hall–Kier alpha value is -0.0800. The van der Waals surface area contributed by atoms with Gasteiger partial charge in [0.15, 0.2) is 0 Å². The Morgan fingerprint density at radius 2 is 1.65 bits per heavy atom. The maximum absolute atomic E-state index is 10.6. The summed E-state index contributed by atoms with van der Waals surface area (Å²) in [6, 6.07) is 1.16. The third-order valence-corrected chi connectivity index (χ3v) is 5.56. The van der Waals surface area contributed by atoms with Gasteiger partial charge in [-0.3, -0.25) is 4.90 Å². The van der Waals surface area contributed by atoms with Crippen LogP contribution in [-0.4, -0.2) is 34.7 Å². The zero-order chi connectivity index (χ0) is 14.7. The second-order valence-corrected chi connectivity index (χ2v) is 7.98. The zero-order valence-corrected chi connectivity index (χ0v) is 14.0. The van der Waals surface area contributed by atoms with Gasteiger partial charge >= 0.3 is 0 Å². The highest BCUT2D eigenvalue weighted by molar-refractivity contribution is 4.92. The molecule has 118 valence electrons. The van der Waals surface area contributed by atoms with Gasteiger partial charge in [-0.2, -0.15) is 0 Å². The van der Waals surface area contributed by atoms with Gasteiger partial charge in [-0.15, -0.1) is 0 Å². The minimum Gasteiger partial charge on any atom is -0.391 e. The summed E-state index contributed by atoms with van der Waals surface area (Å²) in [5.74, 6) is 2.26. The molecule has 20 heavy (non-hydrogen) atoms. The lowest BCUT2D eigenvalue weighted by Gasteiger charge is -2.45. The van der Waals surface area contributed by atoms with Crippen LogP contribution in [0.2, 0.25) is 0 Å². The lowest BCUT2D eigenvalue weighted by atomic mass is 9.77. The van der Waals surface area contributed by atoms with E-state index in [2.05, 4.69) is 32.6 Å². The molecule has 0 radical (unpaired) electrons. The van der Waals surface area contributed by atoms with Crippen LogP contribution >= 0.6 is 0 Å². The zero-order valence-electron chi connectivity index (χ0n) is 14.0. The lowest BCUT2D eigenvalue weighted by Crippen LogP contribution is -2.52. The highest BCUT2D eigenvalue weighted by Crippen LogP contribution is 2.36. The first kappa shape index (κ1) is 16.3. The molecule has 1 N–H and O–H groups in total. The average molecular weight is 281 g/mol. The Kier molecular flexibility index (Phi) is 5.92. The second kappa shape index (κ2) is 7.26. The minimum absolute atomic E-state index is 0.0932. The third kappa shape index (κ3) is 3.98. The van der Waals surface area contributed by atoms with E-state index < -0.39 is 0 Å². The summed E-state index contributed by atoms with van der Waals surface area (Å²) in [6.07, 6.45) is 8.81. The monoisotopic (exact) mass is 281 g/mol. The van der Waals surface area contributed by atoms with E-state index in [0.717, 1.165) is 30.8 Å². The molecule has 0 spiro atoms. The topological polar surface area (TPSA) is 23.5 Å². The van der Waals surface area contributed by atoms with Crippen LogP contribution in [-0.2, 0) is 0 Å². The molecule has 0 bridgehead atoms. The van der Waals surface area contributed by atoms with Gasteiger partial charge in [-0.25, -0.2) is 0 Å². The van der Waals surface area contributed by atoms with Crippen LogP contribution in [0.3, 0.4) is 0 Å². The Bertz CT molecular complexity index is 283. The van der Waals surface area contributed by atoms with Gasteiger partial charge in [-0.1, -0.05) is 40.5 Å². The van der Waals surface area contributed by atoms with E-state index in [1.54, 1.807) is 0 Å². The first-order valence-corrected chi connectivity index (χ1v) is 8.92. The summed E-state index contributed by atoms with van der Waals surface area (Å²) >= 11 is 0. The smallest absolute Gasteiger partial charge is 0.0695 e. The van der Waals surface area contributed by atoms with Crippen molar-refractivity contribution in [3.8, 4) is 0 Å². The molecule has 2 nitrogen and oxygen atoms in total. The molecule has 3 atom stereocenters. The van der Waals surface area contributed by atoms with E-state index >= 15 is 0 Å². The number of hydrogen-bond acceptors (Lipinski definition) is 2. The number of rotatable bonds is 5. The molecule has 0 amide bonds. The van der Waals surface area contributed by atoms with Gasteiger partial charge in [-0.05, 0) is 49.9 Å². The molecule has 0 aromatic heterocycles. The molecule has 0 heterocycles. The van der Waals surface area contributed by atoms with Crippen LogP contribution in [0.5, 0.6) is 0 Å². The molecule has 0 saturated heterocycles. The van der Waals surface area contributed by atoms with Gasteiger partial charge in [0.2, 0.25) is 0 Å². The maximum atomic E-state index is 10.6. The number of nitrogens with zero attached hydrogens (tertiary/aromatic N) is 1. The van der Waals surface area contributed by atoms with Crippen molar-refractivity contribution in [1.82, 2.24) is 4.90 Å². The van der Waals surface area contributed by atoms with E-state index in [1.807, 2.05) is 0 Å². The molecule has 0 aromatic rings. The Labute approximate surface area is 125 Å². The van der Waals surface area contributed by atoms with Crippen LogP contribution in [0.15, 0.2) is 0 Å². The first-order chi connectivity index (χ1) is 9.49. The first-order valence-electron chi connectivity index (χ1n) is 8.92. The van der Waals surface area contributed by atoms with E-state index in [4.69, 9.17) is 0 Å². The quantitative estimate of drug-likeness (QED) is 0.821. The highest BCUT2D eigenvalue weighted by Gasteiger charge is 2.38. The minimum atomic E-state index is -0.0932. The molecule has 2 fully saturated rings. The van der Waals surface area contributed by atoms with Gasteiger partial charge in [0.05, 0.1) is 6.10 Å². The molecule has 2 saturated carbocycles. The van der Waals surface area contributed by atoms with Crippen LogP contribution in [0.4, 0.5) is 0 Å². The van der Waals surface area contributed by atoms with Crippen molar-refractivity contribution in [2.75, 3.05) is 6.54 Å². The van der Waals surface area contributed by atoms with Crippen molar-refractivity contribution in [2.24, 2.45) is 17.8 Å². The summed E-state index contributed by atoms with van der Waals surface area (Å²) in [4.78, 5) is 2.71. The summed E-state index contributed by atoms with van der Waals surface area (Å²) in [5.41, 5.74) is 0. The summed E-state index contributed by atoms with van der Waals surface area (Å²) in [6.45, 7) is 10.5. The SMILES string of the molecule is CC(C)CN(C1CCCC1)C1CC(C(C)C)CCC1O. The summed E-state index contributed by atoms with van der Waals surface area (Å²) in [5, 5.41) is 10.6. The van der Waals surface area contributed by atoms with Crippen LogP contribution in [0, 0.1) is 17.8 Å². The molecule has 2 aliphatic carbocycles. The average Bonchev–Trinajstić information content (AvgIpc) is 2.90. The number of aliphatic hydroxyl groups excluding tert-OH is 1. The van der Waals surface area contributed by atoms with Gasteiger partial charge in [0.25, 0.3) is 0 Å². The molecular weight excluding hydrogens is 246 g/mol. The van der Waals surface area contributed by atoms with Gasteiger partial charge < -0.3 is 5.11 Å². The van der Waals surface area contributed by atoms with Crippen LogP contribution in [0.1, 0.15) is 72.6 Å². The summed E-state index contributed by atoms with van der Waals surface area (Å²) < 4.78 is 0. The van der Waals surface area contributed by atoms with Crippen molar-refractivity contribution >= 4 is 0 Å². The van der Waals surface area contributed by atoms with Crippen molar-refractivity contribution in [3.63, 3.8) is 0 Å². The van der Waals surface area contributed by atoms with Crippen molar-refractivity contribution in [1.29, 1.82) is 0 Å². The summed E-state index contributed by atoms with van der Waals surface area (Å²) in [7, 11) is 0. The van der Waals surface area contributed by atoms with Gasteiger partial charge in [0, 0.05) is 18.6 Å². The second-order valence-electron chi connectivity index (χ2n) is 7.98. The standard InChI is InChI=1S/C18H35NO/c1-13(2)12-19(16-7-5-6-8-16)17-11-15(14(3)4)9-10-18(17)20/h13-18,20H,5-12H2,1-4H3. The lowest BCUT2D eigenvalue weighted by molar-refractivity contribution is -0.0268. The predicted molar refractivity (Wildman–Crippen MR) is 85.8 cm³/mol. The van der Waals surface area contributed by atoms with Gasteiger partial charge in [0.1, 0.15) is 0 Å². The Morgan fingerprint density at radius 1 is 1.00 bits per heavy atom. The van der Waals surface area contributed by atoms with Crippen LogP contribution in [0.25, 0.3) is 0 Å². The normalized spacial score (nSPS) is 32.7. The highest BCUT2D eigenvalue weighted by atomic mass is 16.3. The van der Waals surface area contributed by atoms with E-state index in [0.29, 0.717) is 12.0 Å². The number of aliphatic hydroxyl groups is 1. The van der Waals surface area contributed by atoms with Crippen molar-refractivity contribution in [3.05, 3.63) is 0 Å². The Morgan fingerprint density at radius 3 is 2.20 bits per heavy atom. The van der Waals surface area contributed by atoms with Crippen LogP contribution < -0.4 is 0 Å². The molecule has 3 unspecified atom stereocenters. The largest absolute Gasteiger partial charge is 0.391 e. The molecular formula is C18H35NO.